The summed E-state index contributed by atoms with van der Waals surface area (Å²) in [7, 11) is -3.43. The first-order chi connectivity index (χ1) is 11.5. The molecule has 0 amide bonds. The summed E-state index contributed by atoms with van der Waals surface area (Å²) in [5.41, 5.74) is 0.220. The second kappa shape index (κ2) is 7.69. The highest BCUT2D eigenvalue weighted by atomic mass is 32.2. The quantitative estimate of drug-likeness (QED) is 0.541. The normalized spacial score (nSPS) is 23.2. The van der Waals surface area contributed by atoms with Crippen molar-refractivity contribution in [3.63, 3.8) is 0 Å². The van der Waals surface area contributed by atoms with Crippen LogP contribution in [0.25, 0.3) is 0 Å². The lowest BCUT2D eigenvalue weighted by Crippen LogP contribution is -2.44. The summed E-state index contributed by atoms with van der Waals surface area (Å²) in [6.07, 6.45) is 0.784. The summed E-state index contributed by atoms with van der Waals surface area (Å²) in [6.45, 7) is 2.84. The first-order valence-electron chi connectivity index (χ1n) is 8.11. The maximum Gasteiger partial charge on any atom is 0.183 e. The van der Waals surface area contributed by atoms with Crippen molar-refractivity contribution in [2.45, 2.75) is 29.5 Å². The number of benzene rings is 1. The Bertz CT molecular complexity index is 823. The standard InChI is InChI=1S/C16H25FN2O4S2/c1-12-9-13(5-6-14(12)17)25(22,23)16-11-24(20,21)10-15(16)18-7-4-8-19(2)3/h5-6,9,15-16,18H,4,7-8,10-11H2,1-3H3/t15-,16-/m0/s1. The Hall–Kier alpha value is -1.03. The van der Waals surface area contributed by atoms with E-state index in [0.29, 0.717) is 6.54 Å². The number of hydrogen-bond acceptors (Lipinski definition) is 6. The summed E-state index contributed by atoms with van der Waals surface area (Å²) in [5, 5.41) is 2.03. The molecule has 0 unspecified atom stereocenters. The SMILES string of the molecule is Cc1cc(S(=O)(=O)[C@H]2CS(=O)(=O)C[C@@H]2NCCCN(C)C)ccc1F. The summed E-state index contributed by atoms with van der Waals surface area (Å²) in [4.78, 5) is 1.97. The van der Waals surface area contributed by atoms with Gasteiger partial charge in [-0.25, -0.2) is 21.2 Å². The fourth-order valence-electron chi connectivity index (χ4n) is 2.96. The molecule has 1 aromatic carbocycles. The first-order valence-corrected chi connectivity index (χ1v) is 11.5. The zero-order chi connectivity index (χ0) is 18.8. The largest absolute Gasteiger partial charge is 0.312 e. The molecule has 2 rings (SSSR count). The summed E-state index contributed by atoms with van der Waals surface area (Å²) in [5.74, 6) is -1.09. The molecule has 2 atom stereocenters. The molecule has 1 aliphatic rings. The molecule has 1 saturated heterocycles. The molecule has 0 saturated carbocycles. The van der Waals surface area contributed by atoms with E-state index in [9.17, 15) is 21.2 Å². The zero-order valence-corrected chi connectivity index (χ0v) is 16.3. The molecule has 1 fully saturated rings. The van der Waals surface area contributed by atoms with Crippen molar-refractivity contribution in [1.82, 2.24) is 10.2 Å². The lowest BCUT2D eigenvalue weighted by molar-refractivity contribution is 0.388. The predicted octanol–water partition coefficient (Wildman–Crippen LogP) is 0.615. The molecule has 0 radical (unpaired) electrons. The van der Waals surface area contributed by atoms with Crippen LogP contribution in [0.1, 0.15) is 12.0 Å². The number of rotatable bonds is 7. The fraction of sp³-hybridized carbons (Fsp3) is 0.625. The summed E-state index contributed by atoms with van der Waals surface area (Å²) in [6, 6.07) is 2.91. The number of sulfone groups is 2. The second-order valence-corrected chi connectivity index (χ2v) is 11.1. The minimum atomic E-state index is -3.87. The molecule has 9 heteroatoms. The number of halogens is 1. The monoisotopic (exact) mass is 392 g/mol. The highest BCUT2D eigenvalue weighted by Crippen LogP contribution is 2.27. The summed E-state index contributed by atoms with van der Waals surface area (Å²) < 4.78 is 63.3. The Morgan fingerprint density at radius 3 is 2.56 bits per heavy atom. The van der Waals surface area contributed by atoms with Crippen molar-refractivity contribution < 1.29 is 21.2 Å². The average molecular weight is 393 g/mol. The molecule has 0 bridgehead atoms. The minimum absolute atomic E-state index is 0.0337. The third kappa shape index (κ3) is 4.99. The van der Waals surface area contributed by atoms with Gasteiger partial charge >= 0.3 is 0 Å². The van der Waals surface area contributed by atoms with Crippen LogP contribution in [0.5, 0.6) is 0 Å². The molecule has 1 aromatic rings. The van der Waals surface area contributed by atoms with Gasteiger partial charge in [0.25, 0.3) is 0 Å². The maximum absolute atomic E-state index is 13.4. The van der Waals surface area contributed by atoms with Crippen LogP contribution in [0, 0.1) is 12.7 Å². The van der Waals surface area contributed by atoms with Gasteiger partial charge in [-0.1, -0.05) is 0 Å². The maximum atomic E-state index is 13.4. The first kappa shape index (κ1) is 20.3. The average Bonchev–Trinajstić information content (AvgIpc) is 2.82. The van der Waals surface area contributed by atoms with Crippen LogP contribution >= 0.6 is 0 Å². The molecule has 1 N–H and O–H groups in total. The third-order valence-corrected chi connectivity index (χ3v) is 8.49. The Labute approximate surface area is 149 Å². The topological polar surface area (TPSA) is 83.5 Å². The van der Waals surface area contributed by atoms with Gasteiger partial charge in [-0.05, 0) is 64.3 Å². The van der Waals surface area contributed by atoms with Gasteiger partial charge in [-0.15, -0.1) is 0 Å². The van der Waals surface area contributed by atoms with Gasteiger partial charge in [-0.3, -0.25) is 0 Å². The highest BCUT2D eigenvalue weighted by molar-refractivity contribution is 7.96. The van der Waals surface area contributed by atoms with Gasteiger partial charge in [0, 0.05) is 6.04 Å². The molecule has 0 aromatic heterocycles. The van der Waals surface area contributed by atoms with Crippen molar-refractivity contribution in [3.05, 3.63) is 29.6 Å². The number of nitrogens with zero attached hydrogens (tertiary/aromatic N) is 1. The Morgan fingerprint density at radius 1 is 1.28 bits per heavy atom. The van der Waals surface area contributed by atoms with E-state index in [1.807, 2.05) is 19.0 Å². The smallest absolute Gasteiger partial charge is 0.183 e. The Morgan fingerprint density at radius 2 is 1.96 bits per heavy atom. The van der Waals surface area contributed by atoms with Crippen LogP contribution in [-0.4, -0.2) is 71.7 Å². The Balaban J connectivity index is 2.21. The van der Waals surface area contributed by atoms with Gasteiger partial charge in [0.15, 0.2) is 19.7 Å². The van der Waals surface area contributed by atoms with Crippen LogP contribution in [0.2, 0.25) is 0 Å². The van der Waals surface area contributed by atoms with Crippen LogP contribution in [0.4, 0.5) is 4.39 Å². The van der Waals surface area contributed by atoms with E-state index in [4.69, 9.17) is 0 Å². The lowest BCUT2D eigenvalue weighted by atomic mass is 10.2. The van der Waals surface area contributed by atoms with Gasteiger partial charge in [0.2, 0.25) is 0 Å². The van der Waals surface area contributed by atoms with Crippen LogP contribution < -0.4 is 5.32 Å². The molecule has 1 aliphatic heterocycles. The van der Waals surface area contributed by atoms with Crippen LogP contribution in [0.15, 0.2) is 23.1 Å². The third-order valence-electron chi connectivity index (χ3n) is 4.35. The van der Waals surface area contributed by atoms with Gasteiger partial charge in [0.1, 0.15) is 5.82 Å². The van der Waals surface area contributed by atoms with Crippen LogP contribution in [-0.2, 0) is 19.7 Å². The molecular weight excluding hydrogens is 367 g/mol. The number of aryl methyl sites for hydroxylation is 1. The fourth-order valence-corrected chi connectivity index (χ4v) is 7.76. The molecule has 142 valence electrons. The molecule has 0 spiro atoms. The van der Waals surface area contributed by atoms with Gasteiger partial charge in [0.05, 0.1) is 21.7 Å². The molecular formula is C16H25FN2O4S2. The molecule has 6 nitrogen and oxygen atoms in total. The van der Waals surface area contributed by atoms with Crippen molar-refractivity contribution in [2.24, 2.45) is 0 Å². The number of nitrogens with one attached hydrogen (secondary N) is 1. The highest BCUT2D eigenvalue weighted by Gasteiger charge is 2.45. The van der Waals surface area contributed by atoms with E-state index in [-0.39, 0.29) is 16.2 Å². The van der Waals surface area contributed by atoms with E-state index in [1.54, 1.807) is 0 Å². The van der Waals surface area contributed by atoms with E-state index >= 15 is 0 Å². The second-order valence-electron chi connectivity index (χ2n) is 6.79. The van der Waals surface area contributed by atoms with Gasteiger partial charge < -0.3 is 10.2 Å². The van der Waals surface area contributed by atoms with Crippen molar-refractivity contribution in [3.8, 4) is 0 Å². The summed E-state index contributed by atoms with van der Waals surface area (Å²) >= 11 is 0. The van der Waals surface area contributed by atoms with E-state index in [2.05, 4.69) is 5.32 Å². The van der Waals surface area contributed by atoms with Crippen LogP contribution in [0.3, 0.4) is 0 Å². The molecule has 0 aliphatic carbocycles. The molecule has 25 heavy (non-hydrogen) atoms. The number of hydrogen-bond donors (Lipinski definition) is 1. The van der Waals surface area contributed by atoms with Crippen molar-refractivity contribution in [2.75, 3.05) is 38.7 Å². The lowest BCUT2D eigenvalue weighted by Gasteiger charge is -2.20. The predicted molar refractivity (Wildman–Crippen MR) is 95.7 cm³/mol. The Kier molecular flexibility index (Phi) is 6.24. The van der Waals surface area contributed by atoms with E-state index in [0.717, 1.165) is 19.0 Å². The van der Waals surface area contributed by atoms with Crippen molar-refractivity contribution in [1.29, 1.82) is 0 Å². The van der Waals surface area contributed by atoms with Crippen molar-refractivity contribution >= 4 is 19.7 Å². The zero-order valence-electron chi connectivity index (χ0n) is 14.7. The molecule has 1 heterocycles. The van der Waals surface area contributed by atoms with Gasteiger partial charge in [-0.2, -0.15) is 0 Å². The van der Waals surface area contributed by atoms with E-state index < -0.39 is 42.5 Å². The minimum Gasteiger partial charge on any atom is -0.312 e. The van der Waals surface area contributed by atoms with E-state index in [1.165, 1.54) is 19.1 Å².